The van der Waals surface area contributed by atoms with Gasteiger partial charge in [0.25, 0.3) is 0 Å². The minimum Gasteiger partial charge on any atom is -0.427 e. The molecule has 136 valence electrons. The summed E-state index contributed by atoms with van der Waals surface area (Å²) < 4.78 is 5.46. The predicted molar refractivity (Wildman–Crippen MR) is 109 cm³/mol. The van der Waals surface area contributed by atoms with Crippen molar-refractivity contribution in [1.29, 1.82) is 5.26 Å². The van der Waals surface area contributed by atoms with E-state index in [2.05, 4.69) is 11.1 Å². The topological polar surface area (TPSA) is 65.9 Å². The molecule has 0 unspecified atom stereocenters. The van der Waals surface area contributed by atoms with Crippen LogP contribution in [0.4, 0.5) is 0 Å². The summed E-state index contributed by atoms with van der Waals surface area (Å²) >= 11 is 0. The van der Waals surface area contributed by atoms with Crippen LogP contribution >= 0.6 is 0 Å². The average Bonchev–Trinajstić information content (AvgIpc) is 3.16. The second-order valence-electron chi connectivity index (χ2n) is 6.55. The fourth-order valence-corrected chi connectivity index (χ4v) is 3.21. The second kappa shape index (κ2) is 7.81. The van der Waals surface area contributed by atoms with Crippen molar-refractivity contribution >= 4 is 16.9 Å². The third-order valence-corrected chi connectivity index (χ3v) is 4.71. The molecular weight excluding hydrogens is 348 g/mol. The van der Waals surface area contributed by atoms with E-state index in [1.54, 1.807) is 24.3 Å². The van der Waals surface area contributed by atoms with Crippen molar-refractivity contribution in [3.8, 4) is 22.9 Å². The fraction of sp³-hybridized carbons (Fsp3) is 0.0833. The number of benzene rings is 3. The summed E-state index contributed by atoms with van der Waals surface area (Å²) in [6, 6.07) is 24.9. The Morgan fingerprint density at radius 1 is 0.929 bits per heavy atom. The number of nitriles is 1. The van der Waals surface area contributed by atoms with Crippen LogP contribution < -0.4 is 4.74 Å². The third-order valence-electron chi connectivity index (χ3n) is 4.71. The van der Waals surface area contributed by atoms with E-state index in [1.807, 2.05) is 54.7 Å². The Labute approximate surface area is 163 Å². The number of rotatable bonds is 5. The predicted octanol–water partition coefficient (Wildman–Crippen LogP) is 5.24. The Hall–Kier alpha value is -3.84. The number of aromatic amines is 1. The number of aromatic nitrogens is 1. The van der Waals surface area contributed by atoms with Gasteiger partial charge in [0.1, 0.15) is 5.75 Å². The number of nitrogens with one attached hydrogen (secondary N) is 1. The highest BCUT2D eigenvalue weighted by Crippen LogP contribution is 2.23. The highest BCUT2D eigenvalue weighted by atomic mass is 16.5. The van der Waals surface area contributed by atoms with Crippen molar-refractivity contribution in [1.82, 2.24) is 4.98 Å². The molecule has 0 aliphatic heterocycles. The van der Waals surface area contributed by atoms with E-state index in [4.69, 9.17) is 10.00 Å². The molecular formula is C24H18N2O2. The molecule has 1 aromatic heterocycles. The van der Waals surface area contributed by atoms with Gasteiger partial charge in [-0.1, -0.05) is 42.5 Å². The molecule has 0 aliphatic carbocycles. The second-order valence-corrected chi connectivity index (χ2v) is 6.55. The van der Waals surface area contributed by atoms with Crippen LogP contribution in [0, 0.1) is 11.3 Å². The molecule has 4 aromatic rings. The van der Waals surface area contributed by atoms with Gasteiger partial charge in [-0.15, -0.1) is 0 Å². The Balaban J connectivity index is 1.37. The number of para-hydroxylation sites is 1. The maximum Gasteiger partial charge on any atom is 0.311 e. The lowest BCUT2D eigenvalue weighted by molar-refractivity contribution is -0.134. The lowest BCUT2D eigenvalue weighted by atomic mass is 10.0. The molecule has 0 spiro atoms. The lowest BCUT2D eigenvalue weighted by Crippen LogP contribution is -2.08. The first-order valence-corrected chi connectivity index (χ1v) is 9.09. The van der Waals surface area contributed by atoms with Crippen LogP contribution in [0.2, 0.25) is 0 Å². The monoisotopic (exact) mass is 366 g/mol. The van der Waals surface area contributed by atoms with Crippen LogP contribution in [0.5, 0.6) is 5.75 Å². The number of esters is 1. The van der Waals surface area contributed by atoms with Crippen molar-refractivity contribution in [2.45, 2.75) is 12.8 Å². The Bertz CT molecular complexity index is 1150. The molecule has 0 radical (unpaired) electrons. The van der Waals surface area contributed by atoms with E-state index in [0.29, 0.717) is 24.2 Å². The molecule has 0 saturated heterocycles. The van der Waals surface area contributed by atoms with Crippen molar-refractivity contribution in [2.75, 3.05) is 0 Å². The number of aryl methyl sites for hydroxylation is 1. The first-order chi connectivity index (χ1) is 13.7. The molecule has 0 saturated carbocycles. The number of nitrogens with zero attached hydrogens (tertiary/aromatic N) is 1. The highest BCUT2D eigenvalue weighted by molar-refractivity contribution is 5.83. The maximum absolute atomic E-state index is 12.2. The van der Waals surface area contributed by atoms with Crippen LogP contribution in [0.1, 0.15) is 17.5 Å². The average molecular weight is 366 g/mol. The minimum atomic E-state index is -0.253. The smallest absolute Gasteiger partial charge is 0.311 e. The zero-order valence-corrected chi connectivity index (χ0v) is 15.2. The molecule has 0 fully saturated rings. The molecule has 0 bridgehead atoms. The van der Waals surface area contributed by atoms with E-state index >= 15 is 0 Å². The van der Waals surface area contributed by atoms with E-state index in [-0.39, 0.29) is 5.97 Å². The van der Waals surface area contributed by atoms with E-state index in [9.17, 15) is 4.79 Å². The van der Waals surface area contributed by atoms with Crippen molar-refractivity contribution < 1.29 is 9.53 Å². The van der Waals surface area contributed by atoms with Crippen LogP contribution in [0.25, 0.3) is 22.0 Å². The summed E-state index contributed by atoms with van der Waals surface area (Å²) in [6.45, 7) is 0. The van der Waals surface area contributed by atoms with Crippen molar-refractivity contribution in [2.24, 2.45) is 0 Å². The largest absolute Gasteiger partial charge is 0.427 e. The lowest BCUT2D eigenvalue weighted by Gasteiger charge is -2.06. The molecule has 0 aliphatic rings. The van der Waals surface area contributed by atoms with Gasteiger partial charge >= 0.3 is 5.97 Å². The summed E-state index contributed by atoms with van der Waals surface area (Å²) in [6.07, 6.45) is 2.90. The number of fused-ring (bicyclic) bond motifs is 1. The first-order valence-electron chi connectivity index (χ1n) is 9.09. The van der Waals surface area contributed by atoms with Gasteiger partial charge in [-0.2, -0.15) is 5.26 Å². The van der Waals surface area contributed by atoms with Gasteiger partial charge in [0.05, 0.1) is 18.1 Å². The molecule has 4 heteroatoms. The number of carbonyl (C=O) groups is 1. The van der Waals surface area contributed by atoms with E-state index in [0.717, 1.165) is 27.6 Å². The third kappa shape index (κ3) is 3.79. The number of hydrogen-bond acceptors (Lipinski definition) is 3. The Kier molecular flexibility index (Phi) is 4.90. The first kappa shape index (κ1) is 17.6. The quantitative estimate of drug-likeness (QED) is 0.388. The van der Waals surface area contributed by atoms with Gasteiger partial charge < -0.3 is 9.72 Å². The SMILES string of the molecule is N#Cc1ccc(-c2ccc(OC(=O)CCc3c[nH]c4ccccc34)cc2)cc1. The van der Waals surface area contributed by atoms with Gasteiger partial charge in [-0.25, -0.2) is 0 Å². The Morgan fingerprint density at radius 3 is 2.32 bits per heavy atom. The fourth-order valence-electron chi connectivity index (χ4n) is 3.21. The zero-order valence-electron chi connectivity index (χ0n) is 15.2. The van der Waals surface area contributed by atoms with Gasteiger partial charge in [0, 0.05) is 17.1 Å². The molecule has 0 atom stereocenters. The normalized spacial score (nSPS) is 10.5. The Morgan fingerprint density at radius 2 is 1.61 bits per heavy atom. The van der Waals surface area contributed by atoms with Gasteiger partial charge in [0.2, 0.25) is 0 Å². The molecule has 1 N–H and O–H groups in total. The van der Waals surface area contributed by atoms with Gasteiger partial charge in [-0.3, -0.25) is 4.79 Å². The number of hydrogen-bond donors (Lipinski definition) is 1. The van der Waals surface area contributed by atoms with Crippen LogP contribution in [-0.2, 0) is 11.2 Å². The molecule has 3 aromatic carbocycles. The van der Waals surface area contributed by atoms with Crippen LogP contribution in [0.3, 0.4) is 0 Å². The molecule has 0 amide bonds. The van der Waals surface area contributed by atoms with Gasteiger partial charge in [-0.05, 0) is 53.4 Å². The summed E-state index contributed by atoms with van der Waals surface area (Å²) in [4.78, 5) is 15.4. The van der Waals surface area contributed by atoms with Crippen molar-refractivity contribution in [3.05, 3.63) is 90.1 Å². The van der Waals surface area contributed by atoms with E-state index in [1.165, 1.54) is 0 Å². The van der Waals surface area contributed by atoms with Crippen LogP contribution in [-0.4, -0.2) is 11.0 Å². The molecule has 4 nitrogen and oxygen atoms in total. The molecule has 4 rings (SSSR count). The summed E-state index contributed by atoms with van der Waals surface area (Å²) in [7, 11) is 0. The number of H-pyrrole nitrogens is 1. The van der Waals surface area contributed by atoms with Crippen LogP contribution in [0.15, 0.2) is 79.0 Å². The number of ether oxygens (including phenoxy) is 1. The highest BCUT2D eigenvalue weighted by Gasteiger charge is 2.09. The number of carbonyl (C=O) groups excluding carboxylic acids is 1. The standard InChI is InChI=1S/C24H18N2O2/c25-15-17-5-7-18(8-6-17)19-9-12-21(13-10-19)28-24(27)14-11-20-16-26-23-4-2-1-3-22(20)23/h1-10,12-13,16,26H,11,14H2. The molecule has 28 heavy (non-hydrogen) atoms. The minimum absolute atomic E-state index is 0.253. The summed E-state index contributed by atoms with van der Waals surface area (Å²) in [5.41, 5.74) is 4.83. The summed E-state index contributed by atoms with van der Waals surface area (Å²) in [5.74, 6) is 0.276. The van der Waals surface area contributed by atoms with E-state index < -0.39 is 0 Å². The van der Waals surface area contributed by atoms with Crippen molar-refractivity contribution in [3.63, 3.8) is 0 Å². The van der Waals surface area contributed by atoms with Gasteiger partial charge in [0.15, 0.2) is 0 Å². The maximum atomic E-state index is 12.2. The zero-order chi connectivity index (χ0) is 19.3. The summed E-state index contributed by atoms with van der Waals surface area (Å²) in [5, 5.41) is 10.0. The molecule has 1 heterocycles.